The van der Waals surface area contributed by atoms with Crippen LogP contribution >= 0.6 is 0 Å². The molecule has 1 heterocycles. The fourth-order valence-electron chi connectivity index (χ4n) is 5.53. The fourth-order valence-corrected chi connectivity index (χ4v) is 5.53. The molecule has 8 heteroatoms. The van der Waals surface area contributed by atoms with Crippen LogP contribution in [0.2, 0.25) is 0 Å². The number of piperidine rings is 1. The Bertz CT molecular complexity index is 1150. The summed E-state index contributed by atoms with van der Waals surface area (Å²) in [5, 5.41) is 14.8. The molecule has 216 valence electrons. The van der Waals surface area contributed by atoms with Crippen molar-refractivity contribution < 1.29 is 34.1 Å². The Morgan fingerprint density at radius 3 is 2.10 bits per heavy atom. The molecule has 4 rings (SSSR count). The minimum absolute atomic E-state index is 0.0299. The van der Waals surface area contributed by atoms with E-state index in [2.05, 4.69) is 35.2 Å². The predicted octanol–water partition coefficient (Wildman–Crippen LogP) is 5.95. The third-order valence-corrected chi connectivity index (χ3v) is 7.57. The van der Waals surface area contributed by atoms with Gasteiger partial charge in [-0.15, -0.1) is 0 Å². The van der Waals surface area contributed by atoms with Crippen molar-refractivity contribution in [2.75, 3.05) is 33.4 Å². The molecule has 2 fully saturated rings. The van der Waals surface area contributed by atoms with Crippen molar-refractivity contribution in [1.82, 2.24) is 4.90 Å². The van der Waals surface area contributed by atoms with Crippen molar-refractivity contribution in [2.24, 2.45) is 5.92 Å². The molecule has 0 unspecified atom stereocenters. The number of hydrogen-bond acceptors (Lipinski definition) is 6. The first-order valence-corrected chi connectivity index (χ1v) is 14.1. The molecule has 1 saturated heterocycles. The zero-order valence-electron chi connectivity index (χ0n) is 23.6. The molecule has 0 spiro atoms. The molecule has 8 nitrogen and oxygen atoms in total. The number of ether oxygens (including phenoxy) is 2. The largest absolute Gasteiger partial charge is 0.493 e. The van der Waals surface area contributed by atoms with E-state index in [0.29, 0.717) is 23.7 Å². The summed E-state index contributed by atoms with van der Waals surface area (Å²) in [4.78, 5) is 32.4. The van der Waals surface area contributed by atoms with Gasteiger partial charge in [0.15, 0.2) is 17.3 Å². The van der Waals surface area contributed by atoms with Crippen LogP contribution in [0.15, 0.2) is 54.1 Å². The van der Waals surface area contributed by atoms with E-state index in [1.807, 2.05) is 6.07 Å². The van der Waals surface area contributed by atoms with Gasteiger partial charge < -0.3 is 24.6 Å². The highest BCUT2D eigenvalue weighted by molar-refractivity contribution is 6.27. The third kappa shape index (κ3) is 9.23. The summed E-state index contributed by atoms with van der Waals surface area (Å²) in [5.74, 6) is -1.55. The smallest absolute Gasteiger partial charge is 0.414 e. The summed E-state index contributed by atoms with van der Waals surface area (Å²) in [6.07, 6.45) is 10.2. The second kappa shape index (κ2) is 15.8. The Balaban J connectivity index is 0.000000663. The van der Waals surface area contributed by atoms with Crippen LogP contribution in [0.5, 0.6) is 11.5 Å². The number of carbonyl (C=O) groups excluding carboxylic acids is 1. The van der Waals surface area contributed by atoms with Crippen LogP contribution in [0.25, 0.3) is 5.57 Å². The van der Waals surface area contributed by atoms with Gasteiger partial charge >= 0.3 is 11.9 Å². The standard InChI is InChI=1S/C30H39NO3.C2H2O4/c1-23(32)27-14-15-28(29(22-27)33-2)34-21-9-18-31-19-16-26(17-20-31)30(24-10-5-3-6-11-24)25-12-7-4-8-13-25;3-1(4)2(5)6/h3,5-6,10-11,14-15,22,25H,4,7-9,12-13,16-21H2,1-2H3;(H,3,4)(H,5,6). The van der Waals surface area contributed by atoms with Gasteiger partial charge in [-0.2, -0.15) is 0 Å². The number of allylic oxidation sites excluding steroid dienone is 1. The van der Waals surface area contributed by atoms with Gasteiger partial charge in [-0.3, -0.25) is 4.79 Å². The van der Waals surface area contributed by atoms with E-state index in [0.717, 1.165) is 32.0 Å². The second-order valence-electron chi connectivity index (χ2n) is 10.3. The lowest BCUT2D eigenvalue weighted by atomic mass is 9.77. The third-order valence-electron chi connectivity index (χ3n) is 7.57. The quantitative estimate of drug-likeness (QED) is 0.223. The number of carboxylic acid groups (broad SMARTS) is 2. The Morgan fingerprint density at radius 2 is 1.52 bits per heavy atom. The highest BCUT2D eigenvalue weighted by atomic mass is 16.5. The highest BCUT2D eigenvalue weighted by Gasteiger charge is 2.24. The summed E-state index contributed by atoms with van der Waals surface area (Å²) in [7, 11) is 1.61. The van der Waals surface area contributed by atoms with E-state index in [1.165, 1.54) is 50.5 Å². The minimum atomic E-state index is -1.82. The van der Waals surface area contributed by atoms with Gasteiger partial charge in [0.25, 0.3) is 0 Å². The van der Waals surface area contributed by atoms with Gasteiger partial charge in [0.05, 0.1) is 13.7 Å². The molecule has 0 aromatic heterocycles. The van der Waals surface area contributed by atoms with Crippen molar-refractivity contribution in [1.29, 1.82) is 0 Å². The molecule has 0 amide bonds. The molecular weight excluding hydrogens is 510 g/mol. The number of carboxylic acids is 2. The average molecular weight is 552 g/mol. The van der Waals surface area contributed by atoms with Crippen molar-refractivity contribution >= 4 is 23.3 Å². The Morgan fingerprint density at radius 1 is 0.875 bits per heavy atom. The Hall–Kier alpha value is -3.65. The monoisotopic (exact) mass is 551 g/mol. The number of nitrogens with zero attached hydrogens (tertiary/aromatic N) is 1. The molecule has 1 aliphatic carbocycles. The Kier molecular flexibility index (Phi) is 12.2. The zero-order chi connectivity index (χ0) is 28.9. The SMILES string of the molecule is COc1cc(C(C)=O)ccc1OCCCN1CCC(=C(c2ccccc2)C2CCCCC2)CC1.O=C(O)C(=O)O. The van der Waals surface area contributed by atoms with E-state index < -0.39 is 11.9 Å². The van der Waals surface area contributed by atoms with Crippen molar-refractivity contribution in [2.45, 2.75) is 58.3 Å². The maximum absolute atomic E-state index is 11.6. The van der Waals surface area contributed by atoms with Gasteiger partial charge in [-0.05, 0) is 74.3 Å². The number of aliphatic carboxylic acids is 2. The van der Waals surface area contributed by atoms with Crippen LogP contribution in [-0.2, 0) is 9.59 Å². The van der Waals surface area contributed by atoms with Crippen LogP contribution in [0, 0.1) is 5.92 Å². The molecule has 0 atom stereocenters. The number of benzene rings is 2. The summed E-state index contributed by atoms with van der Waals surface area (Å²) in [5.41, 5.74) is 5.46. The maximum Gasteiger partial charge on any atom is 0.414 e. The molecule has 2 aromatic rings. The molecule has 1 saturated carbocycles. The van der Waals surface area contributed by atoms with Crippen LogP contribution < -0.4 is 9.47 Å². The van der Waals surface area contributed by atoms with E-state index >= 15 is 0 Å². The normalized spacial score (nSPS) is 15.9. The number of hydrogen-bond donors (Lipinski definition) is 2. The van der Waals surface area contributed by atoms with Crippen molar-refractivity contribution in [3.05, 3.63) is 65.2 Å². The van der Waals surface area contributed by atoms with E-state index in [1.54, 1.807) is 37.3 Å². The van der Waals surface area contributed by atoms with Gasteiger partial charge in [0.2, 0.25) is 0 Å². The molecule has 2 aliphatic rings. The molecule has 2 aromatic carbocycles. The zero-order valence-corrected chi connectivity index (χ0v) is 23.6. The van der Waals surface area contributed by atoms with Crippen LogP contribution in [-0.4, -0.2) is 66.2 Å². The summed E-state index contributed by atoms with van der Waals surface area (Å²) in [6.45, 7) is 5.52. The molecule has 0 radical (unpaired) electrons. The van der Waals surface area contributed by atoms with Crippen LogP contribution in [0.3, 0.4) is 0 Å². The highest BCUT2D eigenvalue weighted by Crippen LogP contribution is 2.40. The molecule has 40 heavy (non-hydrogen) atoms. The lowest BCUT2D eigenvalue weighted by Gasteiger charge is -2.33. The fraction of sp³-hybridized carbons (Fsp3) is 0.469. The maximum atomic E-state index is 11.6. The molecule has 1 aliphatic heterocycles. The first-order valence-electron chi connectivity index (χ1n) is 14.1. The van der Waals surface area contributed by atoms with E-state index in [9.17, 15) is 4.79 Å². The van der Waals surface area contributed by atoms with Crippen LogP contribution in [0.4, 0.5) is 0 Å². The number of likely N-dealkylation sites (tertiary alicyclic amines) is 1. The summed E-state index contributed by atoms with van der Waals surface area (Å²) >= 11 is 0. The number of ketones is 1. The first kappa shape index (κ1) is 30.9. The average Bonchev–Trinajstić information content (AvgIpc) is 2.97. The van der Waals surface area contributed by atoms with E-state index in [4.69, 9.17) is 29.3 Å². The predicted molar refractivity (Wildman–Crippen MR) is 154 cm³/mol. The minimum Gasteiger partial charge on any atom is -0.493 e. The lowest BCUT2D eigenvalue weighted by molar-refractivity contribution is -0.159. The van der Waals surface area contributed by atoms with Gasteiger partial charge in [-0.1, -0.05) is 55.2 Å². The van der Waals surface area contributed by atoms with Crippen molar-refractivity contribution in [3.63, 3.8) is 0 Å². The first-order chi connectivity index (χ1) is 19.3. The molecule has 2 N–H and O–H groups in total. The van der Waals surface area contributed by atoms with Crippen LogP contribution in [0.1, 0.15) is 74.2 Å². The summed E-state index contributed by atoms with van der Waals surface area (Å²) in [6, 6.07) is 16.5. The molecular formula is C32H41NO7. The summed E-state index contributed by atoms with van der Waals surface area (Å²) < 4.78 is 11.4. The van der Waals surface area contributed by atoms with Crippen molar-refractivity contribution in [3.8, 4) is 11.5 Å². The lowest BCUT2D eigenvalue weighted by Crippen LogP contribution is -2.33. The molecule has 0 bridgehead atoms. The van der Waals surface area contributed by atoms with Gasteiger partial charge in [0.1, 0.15) is 0 Å². The number of carbonyl (C=O) groups is 3. The second-order valence-corrected chi connectivity index (χ2v) is 10.3. The Labute approximate surface area is 236 Å². The topological polar surface area (TPSA) is 113 Å². The van der Waals surface area contributed by atoms with E-state index in [-0.39, 0.29) is 5.78 Å². The number of Topliss-reactive ketones (excluding diaryl/α,β-unsaturated/α-hetero) is 1. The number of rotatable bonds is 9. The van der Waals surface area contributed by atoms with Gasteiger partial charge in [0, 0.05) is 25.2 Å². The number of methoxy groups -OCH3 is 1. The van der Waals surface area contributed by atoms with Gasteiger partial charge in [-0.25, -0.2) is 9.59 Å².